The summed E-state index contributed by atoms with van der Waals surface area (Å²) >= 11 is 5.54. The highest BCUT2D eigenvalue weighted by Gasteiger charge is 2.08. The average Bonchev–Trinajstić information content (AvgIpc) is 2.25. The summed E-state index contributed by atoms with van der Waals surface area (Å²) in [5.74, 6) is 0.549. The van der Waals surface area contributed by atoms with Gasteiger partial charge in [-0.25, -0.2) is 0 Å². The summed E-state index contributed by atoms with van der Waals surface area (Å²) in [6, 6.07) is 0. The molecule has 16 heavy (non-hydrogen) atoms. The molecule has 0 saturated heterocycles. The van der Waals surface area contributed by atoms with E-state index in [0.717, 1.165) is 25.7 Å². The number of ether oxygens (including phenoxy) is 1. The second-order valence-corrected chi connectivity index (χ2v) is 4.67. The molecule has 1 atom stereocenters. The molecule has 0 amide bonds. The first kappa shape index (κ1) is 15.8. The highest BCUT2D eigenvalue weighted by molar-refractivity contribution is 6.17. The highest BCUT2D eigenvalue weighted by atomic mass is 35.5. The van der Waals surface area contributed by atoms with Crippen molar-refractivity contribution in [2.24, 2.45) is 0 Å². The molecule has 0 rings (SSSR count). The van der Waals surface area contributed by atoms with Gasteiger partial charge in [0.05, 0.1) is 6.10 Å². The molecule has 96 valence electrons. The Morgan fingerprint density at radius 3 is 2.56 bits per heavy atom. The van der Waals surface area contributed by atoms with Gasteiger partial charge in [-0.1, -0.05) is 26.2 Å². The molecule has 0 radical (unpaired) electrons. The van der Waals surface area contributed by atoms with Crippen molar-refractivity contribution >= 4 is 17.6 Å². The SMILES string of the molecule is CCCCCCC(C)OC(=O)CCCCCl. The third-order valence-corrected chi connectivity index (χ3v) is 2.83. The Morgan fingerprint density at radius 2 is 1.94 bits per heavy atom. The number of carbonyl (C=O) groups is 1. The van der Waals surface area contributed by atoms with Crippen LogP contribution in [0.4, 0.5) is 0 Å². The topological polar surface area (TPSA) is 26.3 Å². The fourth-order valence-electron chi connectivity index (χ4n) is 1.56. The summed E-state index contributed by atoms with van der Waals surface area (Å²) in [6.45, 7) is 4.17. The van der Waals surface area contributed by atoms with Crippen molar-refractivity contribution in [3.05, 3.63) is 0 Å². The first-order valence-electron chi connectivity index (χ1n) is 6.46. The van der Waals surface area contributed by atoms with Gasteiger partial charge in [-0.15, -0.1) is 11.6 Å². The van der Waals surface area contributed by atoms with Crippen LogP contribution in [0, 0.1) is 0 Å². The van der Waals surface area contributed by atoms with E-state index in [1.807, 2.05) is 6.92 Å². The number of carbonyl (C=O) groups excluding carboxylic acids is 1. The maximum atomic E-state index is 11.4. The number of esters is 1. The van der Waals surface area contributed by atoms with Crippen molar-refractivity contribution in [1.29, 1.82) is 0 Å². The van der Waals surface area contributed by atoms with E-state index in [1.165, 1.54) is 19.3 Å². The van der Waals surface area contributed by atoms with Crippen molar-refractivity contribution in [2.45, 2.75) is 71.3 Å². The molecular weight excluding hydrogens is 224 g/mol. The Kier molecular flexibility index (Phi) is 11.1. The van der Waals surface area contributed by atoms with Crippen molar-refractivity contribution < 1.29 is 9.53 Å². The Labute approximate surface area is 105 Å². The van der Waals surface area contributed by atoms with Crippen molar-refractivity contribution in [3.8, 4) is 0 Å². The lowest BCUT2D eigenvalue weighted by molar-refractivity contribution is -0.148. The van der Waals surface area contributed by atoms with Crippen LogP contribution in [0.1, 0.15) is 65.2 Å². The van der Waals surface area contributed by atoms with Gasteiger partial charge in [0.25, 0.3) is 0 Å². The lowest BCUT2D eigenvalue weighted by Crippen LogP contribution is -2.14. The summed E-state index contributed by atoms with van der Waals surface area (Å²) in [7, 11) is 0. The normalized spacial score (nSPS) is 12.4. The van der Waals surface area contributed by atoms with E-state index in [2.05, 4.69) is 6.92 Å². The minimum atomic E-state index is -0.0758. The Hall–Kier alpha value is -0.240. The van der Waals surface area contributed by atoms with Crippen LogP contribution in [-0.2, 0) is 9.53 Å². The third-order valence-electron chi connectivity index (χ3n) is 2.56. The van der Waals surface area contributed by atoms with E-state index in [1.54, 1.807) is 0 Å². The zero-order chi connectivity index (χ0) is 12.2. The molecule has 0 N–H and O–H groups in total. The van der Waals surface area contributed by atoms with Crippen LogP contribution in [-0.4, -0.2) is 18.0 Å². The molecule has 0 aromatic rings. The van der Waals surface area contributed by atoms with Crippen LogP contribution in [0.2, 0.25) is 0 Å². The number of hydrogen-bond donors (Lipinski definition) is 0. The minimum absolute atomic E-state index is 0.0698. The fourth-order valence-corrected chi connectivity index (χ4v) is 1.75. The van der Waals surface area contributed by atoms with E-state index in [9.17, 15) is 4.79 Å². The van der Waals surface area contributed by atoms with E-state index in [4.69, 9.17) is 16.3 Å². The predicted octanol–water partition coefficient (Wildman–Crippen LogP) is 4.30. The standard InChI is InChI=1S/C13H25ClO2/c1-3-4-5-6-9-12(2)16-13(15)10-7-8-11-14/h12H,3-11H2,1-2H3. The molecule has 0 aliphatic heterocycles. The van der Waals surface area contributed by atoms with E-state index in [-0.39, 0.29) is 12.1 Å². The van der Waals surface area contributed by atoms with E-state index in [0.29, 0.717) is 12.3 Å². The molecule has 0 bridgehead atoms. The number of alkyl halides is 1. The van der Waals surface area contributed by atoms with Crippen LogP contribution in [0.5, 0.6) is 0 Å². The Balaban J connectivity index is 3.39. The number of hydrogen-bond acceptors (Lipinski definition) is 2. The number of halogens is 1. The van der Waals surface area contributed by atoms with Crippen LogP contribution in [0.25, 0.3) is 0 Å². The van der Waals surface area contributed by atoms with Crippen LogP contribution >= 0.6 is 11.6 Å². The minimum Gasteiger partial charge on any atom is -0.463 e. The number of unbranched alkanes of at least 4 members (excludes halogenated alkanes) is 4. The van der Waals surface area contributed by atoms with Gasteiger partial charge in [0.2, 0.25) is 0 Å². The van der Waals surface area contributed by atoms with Crippen LogP contribution in [0.3, 0.4) is 0 Å². The molecular formula is C13H25ClO2. The second-order valence-electron chi connectivity index (χ2n) is 4.30. The second kappa shape index (κ2) is 11.3. The molecule has 3 heteroatoms. The van der Waals surface area contributed by atoms with Crippen molar-refractivity contribution in [1.82, 2.24) is 0 Å². The molecule has 0 fully saturated rings. The van der Waals surface area contributed by atoms with Crippen molar-refractivity contribution in [3.63, 3.8) is 0 Å². The summed E-state index contributed by atoms with van der Waals surface area (Å²) < 4.78 is 5.30. The molecule has 0 spiro atoms. The summed E-state index contributed by atoms with van der Waals surface area (Å²) in [4.78, 5) is 11.4. The van der Waals surface area contributed by atoms with Gasteiger partial charge in [0, 0.05) is 12.3 Å². The smallest absolute Gasteiger partial charge is 0.306 e. The molecule has 0 aromatic carbocycles. The zero-order valence-electron chi connectivity index (χ0n) is 10.6. The highest BCUT2D eigenvalue weighted by Crippen LogP contribution is 2.09. The lowest BCUT2D eigenvalue weighted by Gasteiger charge is -2.12. The maximum absolute atomic E-state index is 11.4. The monoisotopic (exact) mass is 248 g/mol. The average molecular weight is 249 g/mol. The molecule has 0 aromatic heterocycles. The van der Waals surface area contributed by atoms with Crippen LogP contribution in [0.15, 0.2) is 0 Å². The zero-order valence-corrected chi connectivity index (χ0v) is 11.4. The van der Waals surface area contributed by atoms with E-state index < -0.39 is 0 Å². The molecule has 2 nitrogen and oxygen atoms in total. The third kappa shape index (κ3) is 10.3. The van der Waals surface area contributed by atoms with Gasteiger partial charge in [-0.2, -0.15) is 0 Å². The molecule has 0 aliphatic rings. The summed E-state index contributed by atoms with van der Waals surface area (Å²) in [5.41, 5.74) is 0. The van der Waals surface area contributed by atoms with Gasteiger partial charge < -0.3 is 4.74 Å². The Bertz CT molecular complexity index is 171. The van der Waals surface area contributed by atoms with Crippen LogP contribution < -0.4 is 0 Å². The first-order chi connectivity index (χ1) is 7.70. The quantitative estimate of drug-likeness (QED) is 0.327. The summed E-state index contributed by atoms with van der Waals surface area (Å²) in [5, 5.41) is 0. The fraction of sp³-hybridized carbons (Fsp3) is 0.923. The van der Waals surface area contributed by atoms with Gasteiger partial charge >= 0.3 is 5.97 Å². The van der Waals surface area contributed by atoms with Gasteiger partial charge in [-0.05, 0) is 32.6 Å². The largest absolute Gasteiger partial charge is 0.463 e. The maximum Gasteiger partial charge on any atom is 0.306 e. The van der Waals surface area contributed by atoms with Crippen molar-refractivity contribution in [2.75, 3.05) is 5.88 Å². The van der Waals surface area contributed by atoms with Gasteiger partial charge in [0.15, 0.2) is 0 Å². The summed E-state index contributed by atoms with van der Waals surface area (Å²) in [6.07, 6.45) is 8.21. The molecule has 0 aliphatic carbocycles. The first-order valence-corrected chi connectivity index (χ1v) is 6.99. The van der Waals surface area contributed by atoms with Gasteiger partial charge in [0.1, 0.15) is 0 Å². The van der Waals surface area contributed by atoms with E-state index >= 15 is 0 Å². The molecule has 0 heterocycles. The lowest BCUT2D eigenvalue weighted by atomic mass is 10.1. The Morgan fingerprint density at radius 1 is 1.19 bits per heavy atom. The number of rotatable bonds is 10. The molecule has 0 saturated carbocycles. The molecule has 1 unspecified atom stereocenters. The predicted molar refractivity (Wildman–Crippen MR) is 68.9 cm³/mol. The van der Waals surface area contributed by atoms with Gasteiger partial charge in [-0.3, -0.25) is 4.79 Å².